The number of hydrogen-bond donors (Lipinski definition) is 1. The standard InChI is InChI=1S/C18H14F3N3O/c1-24-10-9-22-17(24)16(11-5-3-2-4-6-11)23-18(25)12-7-8-13(19)15(21)14(12)20/h2-10,16H,1H3,(H,23,25). The minimum atomic E-state index is -1.68. The number of aromatic nitrogens is 2. The molecule has 7 heteroatoms. The highest BCUT2D eigenvalue weighted by atomic mass is 19.2. The Morgan fingerprint density at radius 2 is 1.80 bits per heavy atom. The summed E-state index contributed by atoms with van der Waals surface area (Å²) in [7, 11) is 1.75. The minimum Gasteiger partial charge on any atom is -0.338 e. The molecule has 0 spiro atoms. The highest BCUT2D eigenvalue weighted by Gasteiger charge is 2.24. The van der Waals surface area contributed by atoms with Crippen LogP contribution in [0.2, 0.25) is 0 Å². The zero-order valence-electron chi connectivity index (χ0n) is 13.2. The largest absolute Gasteiger partial charge is 0.338 e. The number of imidazole rings is 1. The first kappa shape index (κ1) is 16.8. The van der Waals surface area contributed by atoms with Crippen LogP contribution in [0.1, 0.15) is 27.8 Å². The van der Waals surface area contributed by atoms with Gasteiger partial charge in [-0.3, -0.25) is 4.79 Å². The highest BCUT2D eigenvalue weighted by Crippen LogP contribution is 2.22. The lowest BCUT2D eigenvalue weighted by atomic mass is 10.1. The summed E-state index contributed by atoms with van der Waals surface area (Å²) in [5.41, 5.74) is 0.141. The monoisotopic (exact) mass is 345 g/mol. The van der Waals surface area contributed by atoms with Gasteiger partial charge in [0.1, 0.15) is 11.9 Å². The SMILES string of the molecule is Cn1ccnc1C(NC(=O)c1ccc(F)c(F)c1F)c1ccccc1. The summed E-state index contributed by atoms with van der Waals surface area (Å²) < 4.78 is 42.1. The summed E-state index contributed by atoms with van der Waals surface area (Å²) in [5, 5.41) is 2.63. The third-order valence-electron chi connectivity index (χ3n) is 3.80. The Labute approximate surface area is 141 Å². The number of rotatable bonds is 4. The highest BCUT2D eigenvalue weighted by molar-refractivity contribution is 5.95. The molecule has 0 aliphatic rings. The Morgan fingerprint density at radius 3 is 2.44 bits per heavy atom. The zero-order valence-corrected chi connectivity index (χ0v) is 13.2. The van der Waals surface area contributed by atoms with Crippen molar-refractivity contribution in [3.63, 3.8) is 0 Å². The van der Waals surface area contributed by atoms with E-state index in [0.717, 1.165) is 6.07 Å². The molecule has 0 radical (unpaired) electrons. The molecule has 0 bridgehead atoms. The van der Waals surface area contributed by atoms with Crippen molar-refractivity contribution in [1.82, 2.24) is 14.9 Å². The number of hydrogen-bond acceptors (Lipinski definition) is 2. The second-order valence-corrected chi connectivity index (χ2v) is 5.44. The Kier molecular flexibility index (Phi) is 4.56. The number of carbonyl (C=O) groups is 1. The molecule has 0 saturated carbocycles. The molecule has 0 saturated heterocycles. The van der Waals surface area contributed by atoms with E-state index in [1.807, 2.05) is 6.07 Å². The lowest BCUT2D eigenvalue weighted by Crippen LogP contribution is -2.32. The molecule has 3 aromatic rings. The fourth-order valence-corrected chi connectivity index (χ4v) is 2.51. The predicted molar refractivity (Wildman–Crippen MR) is 85.3 cm³/mol. The Morgan fingerprint density at radius 1 is 1.08 bits per heavy atom. The molecule has 128 valence electrons. The molecule has 1 N–H and O–H groups in total. The summed E-state index contributed by atoms with van der Waals surface area (Å²) in [4.78, 5) is 16.7. The summed E-state index contributed by atoms with van der Waals surface area (Å²) in [5.74, 6) is -4.90. The lowest BCUT2D eigenvalue weighted by molar-refractivity contribution is 0.0935. The quantitative estimate of drug-likeness (QED) is 0.737. The van der Waals surface area contributed by atoms with Crippen LogP contribution in [0.25, 0.3) is 0 Å². The smallest absolute Gasteiger partial charge is 0.255 e. The molecular weight excluding hydrogens is 331 g/mol. The fourth-order valence-electron chi connectivity index (χ4n) is 2.51. The molecule has 0 fully saturated rings. The van der Waals surface area contributed by atoms with Crippen LogP contribution < -0.4 is 5.32 Å². The first-order chi connectivity index (χ1) is 12.0. The van der Waals surface area contributed by atoms with Gasteiger partial charge in [-0.15, -0.1) is 0 Å². The van der Waals surface area contributed by atoms with E-state index in [0.29, 0.717) is 17.5 Å². The van der Waals surface area contributed by atoms with Gasteiger partial charge in [0.05, 0.1) is 5.56 Å². The van der Waals surface area contributed by atoms with Gasteiger partial charge in [-0.2, -0.15) is 0 Å². The topological polar surface area (TPSA) is 46.9 Å². The van der Waals surface area contributed by atoms with Crippen LogP contribution in [0.4, 0.5) is 13.2 Å². The molecule has 1 heterocycles. The van der Waals surface area contributed by atoms with E-state index in [4.69, 9.17) is 0 Å². The number of nitrogens with zero attached hydrogens (tertiary/aromatic N) is 2. The number of amides is 1. The average Bonchev–Trinajstić information content (AvgIpc) is 3.04. The molecule has 0 aliphatic heterocycles. The maximum atomic E-state index is 13.9. The third kappa shape index (κ3) is 3.26. The van der Waals surface area contributed by atoms with Crippen molar-refractivity contribution in [3.8, 4) is 0 Å². The summed E-state index contributed by atoms with van der Waals surface area (Å²) >= 11 is 0. The normalized spacial score (nSPS) is 12.0. The fraction of sp³-hybridized carbons (Fsp3) is 0.111. The molecule has 1 atom stereocenters. The third-order valence-corrected chi connectivity index (χ3v) is 3.80. The molecular formula is C18H14F3N3O. The van der Waals surface area contributed by atoms with Crippen molar-refractivity contribution < 1.29 is 18.0 Å². The van der Waals surface area contributed by atoms with Gasteiger partial charge in [0.15, 0.2) is 17.5 Å². The molecule has 4 nitrogen and oxygen atoms in total. The van der Waals surface area contributed by atoms with Gasteiger partial charge in [0.25, 0.3) is 5.91 Å². The molecule has 0 aliphatic carbocycles. The molecule has 1 unspecified atom stereocenters. The van der Waals surface area contributed by atoms with Gasteiger partial charge in [0, 0.05) is 19.4 Å². The summed E-state index contributed by atoms with van der Waals surface area (Å²) in [6.45, 7) is 0. The predicted octanol–water partition coefficient (Wildman–Crippen LogP) is 3.36. The maximum Gasteiger partial charge on any atom is 0.255 e. The number of nitrogens with one attached hydrogen (secondary N) is 1. The first-order valence-electron chi connectivity index (χ1n) is 7.45. The summed E-state index contributed by atoms with van der Waals surface area (Å²) in [6, 6.07) is 9.89. The maximum absolute atomic E-state index is 13.9. The Bertz CT molecular complexity index is 909. The van der Waals surface area contributed by atoms with Crippen LogP contribution in [0.3, 0.4) is 0 Å². The van der Waals surface area contributed by atoms with E-state index in [9.17, 15) is 18.0 Å². The second kappa shape index (κ2) is 6.80. The minimum absolute atomic E-state index is 0.516. The zero-order chi connectivity index (χ0) is 18.0. The van der Waals surface area contributed by atoms with Crippen molar-refractivity contribution >= 4 is 5.91 Å². The van der Waals surface area contributed by atoms with Crippen LogP contribution >= 0.6 is 0 Å². The average molecular weight is 345 g/mol. The van der Waals surface area contributed by atoms with Gasteiger partial charge in [-0.05, 0) is 17.7 Å². The molecule has 2 aromatic carbocycles. The van der Waals surface area contributed by atoms with E-state index < -0.39 is 35.0 Å². The number of carbonyl (C=O) groups excluding carboxylic acids is 1. The molecule has 25 heavy (non-hydrogen) atoms. The van der Waals surface area contributed by atoms with E-state index >= 15 is 0 Å². The van der Waals surface area contributed by atoms with E-state index in [2.05, 4.69) is 10.3 Å². The van der Waals surface area contributed by atoms with Crippen LogP contribution in [0.15, 0.2) is 54.9 Å². The Balaban J connectivity index is 1.98. The van der Waals surface area contributed by atoms with E-state index in [1.54, 1.807) is 48.3 Å². The van der Waals surface area contributed by atoms with Gasteiger partial charge in [0.2, 0.25) is 0 Å². The Hall–Kier alpha value is -3.09. The van der Waals surface area contributed by atoms with Gasteiger partial charge < -0.3 is 9.88 Å². The summed E-state index contributed by atoms with van der Waals surface area (Å²) in [6.07, 6.45) is 3.27. The number of aryl methyl sites for hydroxylation is 1. The van der Waals surface area contributed by atoms with Crippen molar-refractivity contribution in [1.29, 1.82) is 0 Å². The van der Waals surface area contributed by atoms with Crippen LogP contribution in [0, 0.1) is 17.5 Å². The van der Waals surface area contributed by atoms with Gasteiger partial charge in [-0.1, -0.05) is 30.3 Å². The van der Waals surface area contributed by atoms with Crippen LogP contribution in [-0.2, 0) is 7.05 Å². The van der Waals surface area contributed by atoms with Gasteiger partial charge in [-0.25, -0.2) is 18.2 Å². The number of halogens is 3. The van der Waals surface area contributed by atoms with Crippen LogP contribution in [-0.4, -0.2) is 15.5 Å². The van der Waals surface area contributed by atoms with Crippen molar-refractivity contribution in [2.75, 3.05) is 0 Å². The van der Waals surface area contributed by atoms with E-state index in [1.165, 1.54) is 0 Å². The molecule has 1 aromatic heterocycles. The van der Waals surface area contributed by atoms with Gasteiger partial charge >= 0.3 is 0 Å². The van der Waals surface area contributed by atoms with Crippen LogP contribution in [0.5, 0.6) is 0 Å². The first-order valence-corrected chi connectivity index (χ1v) is 7.45. The van der Waals surface area contributed by atoms with E-state index in [-0.39, 0.29) is 0 Å². The van der Waals surface area contributed by atoms with Crippen molar-refractivity contribution in [3.05, 3.63) is 89.3 Å². The number of benzene rings is 2. The lowest BCUT2D eigenvalue weighted by Gasteiger charge is -2.19. The van der Waals surface area contributed by atoms with Crippen molar-refractivity contribution in [2.24, 2.45) is 7.05 Å². The van der Waals surface area contributed by atoms with Crippen molar-refractivity contribution in [2.45, 2.75) is 6.04 Å². The second-order valence-electron chi connectivity index (χ2n) is 5.44. The molecule has 1 amide bonds. The molecule has 3 rings (SSSR count).